The summed E-state index contributed by atoms with van der Waals surface area (Å²) in [6, 6.07) is 3.59. The summed E-state index contributed by atoms with van der Waals surface area (Å²) in [5.41, 5.74) is 1.42. The van der Waals surface area contributed by atoms with Crippen molar-refractivity contribution in [2.24, 2.45) is 4.99 Å². The van der Waals surface area contributed by atoms with Crippen LogP contribution in [0.15, 0.2) is 23.2 Å². The minimum Gasteiger partial charge on any atom is -0.366 e. The van der Waals surface area contributed by atoms with Crippen LogP contribution in [0.5, 0.6) is 0 Å². The van der Waals surface area contributed by atoms with Crippen LogP contribution in [-0.2, 0) is 6.42 Å². The van der Waals surface area contributed by atoms with Crippen LogP contribution in [-0.4, -0.2) is 55.6 Å². The molecule has 0 atom stereocenters. The Morgan fingerprint density at radius 2 is 1.93 bits per heavy atom. The van der Waals surface area contributed by atoms with Gasteiger partial charge in [-0.25, -0.2) is 13.8 Å². The monoisotopic (exact) mass is 521 g/mol. The van der Waals surface area contributed by atoms with E-state index < -0.39 is 5.82 Å². The third-order valence-corrected chi connectivity index (χ3v) is 5.81. The van der Waals surface area contributed by atoms with Gasteiger partial charge in [-0.1, -0.05) is 0 Å². The molecule has 0 unspecified atom stereocenters. The predicted molar refractivity (Wildman–Crippen MR) is 122 cm³/mol. The highest BCUT2D eigenvalue weighted by molar-refractivity contribution is 14.0. The number of anilines is 1. The molecule has 0 spiro atoms. The molecule has 3 rings (SSSR count). The Morgan fingerprint density at radius 1 is 1.21 bits per heavy atom. The summed E-state index contributed by atoms with van der Waals surface area (Å²) in [6.07, 6.45) is 0.908. The number of rotatable bonds is 4. The Labute approximate surface area is 185 Å². The molecule has 1 saturated heterocycles. The highest BCUT2D eigenvalue weighted by Gasteiger charge is 2.22. The van der Waals surface area contributed by atoms with Crippen molar-refractivity contribution in [3.05, 3.63) is 45.4 Å². The molecular weight excluding hydrogens is 495 g/mol. The lowest BCUT2D eigenvalue weighted by Crippen LogP contribution is -2.53. The fourth-order valence-electron chi connectivity index (χ4n) is 3.31. The van der Waals surface area contributed by atoms with Crippen molar-refractivity contribution < 1.29 is 8.78 Å². The van der Waals surface area contributed by atoms with Crippen LogP contribution in [0.25, 0.3) is 0 Å². The van der Waals surface area contributed by atoms with Crippen LogP contribution in [0, 0.1) is 25.5 Å². The van der Waals surface area contributed by atoms with E-state index in [2.05, 4.69) is 20.2 Å². The van der Waals surface area contributed by atoms with Crippen LogP contribution in [0.4, 0.5) is 14.5 Å². The molecule has 28 heavy (non-hydrogen) atoms. The number of benzene rings is 1. The van der Waals surface area contributed by atoms with E-state index in [1.54, 1.807) is 18.4 Å². The first kappa shape index (κ1) is 22.8. The van der Waals surface area contributed by atoms with Gasteiger partial charge in [0.1, 0.15) is 11.6 Å². The van der Waals surface area contributed by atoms with Gasteiger partial charge in [-0.05, 0) is 26.0 Å². The second-order valence-electron chi connectivity index (χ2n) is 6.54. The first-order valence-electron chi connectivity index (χ1n) is 9.06. The summed E-state index contributed by atoms with van der Waals surface area (Å²) in [6.45, 7) is 7.49. The van der Waals surface area contributed by atoms with Crippen LogP contribution >= 0.6 is 35.3 Å². The van der Waals surface area contributed by atoms with E-state index in [0.717, 1.165) is 35.7 Å². The van der Waals surface area contributed by atoms with Gasteiger partial charge in [-0.3, -0.25) is 4.99 Å². The molecule has 1 aromatic carbocycles. The Morgan fingerprint density at radius 3 is 2.54 bits per heavy atom. The molecule has 0 aliphatic carbocycles. The van der Waals surface area contributed by atoms with Gasteiger partial charge in [0.2, 0.25) is 0 Å². The topological polar surface area (TPSA) is 43.8 Å². The van der Waals surface area contributed by atoms with Crippen LogP contribution in [0.2, 0.25) is 0 Å². The molecule has 0 bridgehead atoms. The summed E-state index contributed by atoms with van der Waals surface area (Å²) in [5.74, 6) is 0.0377. The number of nitrogens with zero attached hydrogens (tertiary/aromatic N) is 4. The number of hydrogen-bond acceptors (Lipinski definition) is 4. The quantitative estimate of drug-likeness (QED) is 0.380. The molecule has 0 radical (unpaired) electrons. The third kappa shape index (κ3) is 5.53. The molecule has 5 nitrogen and oxygen atoms in total. The summed E-state index contributed by atoms with van der Waals surface area (Å²) in [5, 5.41) is 4.49. The van der Waals surface area contributed by atoms with Gasteiger partial charge in [-0.2, -0.15) is 0 Å². The maximum absolute atomic E-state index is 14.0. The molecule has 1 aliphatic rings. The minimum atomic E-state index is -0.417. The van der Waals surface area contributed by atoms with Crippen molar-refractivity contribution >= 4 is 47.0 Å². The maximum atomic E-state index is 14.0. The van der Waals surface area contributed by atoms with E-state index in [0.29, 0.717) is 31.9 Å². The smallest absolute Gasteiger partial charge is 0.193 e. The molecule has 2 aromatic rings. The molecule has 0 saturated carbocycles. The van der Waals surface area contributed by atoms with Crippen molar-refractivity contribution in [3.63, 3.8) is 0 Å². The first-order chi connectivity index (χ1) is 13.0. The van der Waals surface area contributed by atoms with E-state index in [4.69, 9.17) is 0 Å². The van der Waals surface area contributed by atoms with Gasteiger partial charge in [0.25, 0.3) is 0 Å². The van der Waals surface area contributed by atoms with Crippen molar-refractivity contribution in [1.82, 2.24) is 15.2 Å². The molecule has 0 amide bonds. The summed E-state index contributed by atoms with van der Waals surface area (Å²) in [4.78, 5) is 14.1. The number of nitrogens with one attached hydrogen (secondary N) is 1. The Hall–Kier alpha value is -1.49. The number of aliphatic imine (C=N–C) groups is 1. The number of hydrogen-bond donors (Lipinski definition) is 1. The van der Waals surface area contributed by atoms with Gasteiger partial charge in [0, 0.05) is 57.1 Å². The van der Waals surface area contributed by atoms with Gasteiger partial charge < -0.3 is 15.1 Å². The van der Waals surface area contributed by atoms with E-state index in [1.807, 2.05) is 18.7 Å². The first-order valence-corrected chi connectivity index (χ1v) is 9.88. The molecular formula is C19H26F2IN5S. The van der Waals surface area contributed by atoms with E-state index in [1.165, 1.54) is 17.0 Å². The highest BCUT2D eigenvalue weighted by atomic mass is 127. The predicted octanol–water partition coefficient (Wildman–Crippen LogP) is 3.60. The summed E-state index contributed by atoms with van der Waals surface area (Å²) >= 11 is 1.73. The van der Waals surface area contributed by atoms with Gasteiger partial charge in [0.05, 0.1) is 16.4 Å². The lowest BCUT2D eigenvalue weighted by molar-refractivity contribution is 0.371. The van der Waals surface area contributed by atoms with Gasteiger partial charge in [0.15, 0.2) is 5.96 Å². The number of halogens is 3. The van der Waals surface area contributed by atoms with E-state index in [9.17, 15) is 8.78 Å². The zero-order chi connectivity index (χ0) is 19.4. The summed E-state index contributed by atoms with van der Waals surface area (Å²) in [7, 11) is 1.77. The molecule has 1 fully saturated rings. The molecule has 154 valence electrons. The third-order valence-electron chi connectivity index (χ3n) is 4.67. The molecule has 1 aromatic heterocycles. The highest BCUT2D eigenvalue weighted by Crippen LogP contribution is 2.22. The molecule has 2 heterocycles. The molecule has 1 aliphatic heterocycles. The van der Waals surface area contributed by atoms with Crippen molar-refractivity contribution in [2.75, 3.05) is 44.7 Å². The second kappa shape index (κ2) is 10.3. The normalized spacial score (nSPS) is 14.8. The number of thiazole rings is 1. The molecule has 9 heteroatoms. The zero-order valence-corrected chi connectivity index (χ0v) is 19.5. The lowest BCUT2D eigenvalue weighted by Gasteiger charge is -2.37. The zero-order valence-electron chi connectivity index (χ0n) is 16.3. The Kier molecular flexibility index (Phi) is 8.41. The van der Waals surface area contributed by atoms with E-state index >= 15 is 0 Å². The van der Waals surface area contributed by atoms with Crippen LogP contribution in [0.1, 0.15) is 15.6 Å². The van der Waals surface area contributed by atoms with Crippen molar-refractivity contribution in [1.29, 1.82) is 0 Å². The minimum absolute atomic E-state index is 0. The lowest BCUT2D eigenvalue weighted by atomic mass is 10.2. The van der Waals surface area contributed by atoms with Crippen LogP contribution < -0.4 is 10.2 Å². The number of aromatic nitrogens is 1. The van der Waals surface area contributed by atoms with Crippen molar-refractivity contribution in [3.8, 4) is 0 Å². The Balaban J connectivity index is 0.00000280. The second-order valence-corrected chi connectivity index (χ2v) is 7.82. The number of guanidine groups is 1. The summed E-state index contributed by atoms with van der Waals surface area (Å²) < 4.78 is 27.4. The average molecular weight is 521 g/mol. The molecule has 1 N–H and O–H groups in total. The van der Waals surface area contributed by atoms with Gasteiger partial charge >= 0.3 is 0 Å². The van der Waals surface area contributed by atoms with Crippen LogP contribution in [0.3, 0.4) is 0 Å². The van der Waals surface area contributed by atoms with Crippen molar-refractivity contribution in [2.45, 2.75) is 20.3 Å². The van der Waals surface area contributed by atoms with Gasteiger partial charge in [-0.15, -0.1) is 35.3 Å². The standard InChI is InChI=1S/C19H25F2N5S.HI/c1-13-18(27-14(2)24-13)6-7-23-19(22-3)26-10-8-25(9-11-26)17-12-15(20)4-5-16(17)21;/h4-5,12H,6-11H2,1-3H3,(H,22,23);1H. The fraction of sp³-hybridized carbons (Fsp3) is 0.474. The SMILES string of the molecule is CN=C(NCCc1sc(C)nc1C)N1CCN(c2cc(F)ccc2F)CC1.I. The average Bonchev–Trinajstić information content (AvgIpc) is 2.98. The number of aryl methyl sites for hydroxylation is 2. The fourth-order valence-corrected chi connectivity index (χ4v) is 4.25. The van der Waals surface area contributed by atoms with E-state index in [-0.39, 0.29) is 29.8 Å². The maximum Gasteiger partial charge on any atom is 0.193 e. The Bertz CT molecular complexity index is 819. The largest absolute Gasteiger partial charge is 0.366 e. The number of piperazine rings is 1.